The van der Waals surface area contributed by atoms with Crippen molar-refractivity contribution in [3.05, 3.63) is 27.7 Å². The van der Waals surface area contributed by atoms with Gasteiger partial charge in [0, 0.05) is 11.3 Å². The summed E-state index contributed by atoms with van der Waals surface area (Å²) in [5.41, 5.74) is 3.31. The molecule has 1 aromatic heterocycles. The number of hydrogen-bond acceptors (Lipinski definition) is 4. The van der Waals surface area contributed by atoms with Gasteiger partial charge in [-0.25, -0.2) is 8.78 Å². The Labute approximate surface area is 95.6 Å². The number of aromatic amines is 1. The number of nitrogen functional groups attached to an aromatic ring is 1. The van der Waals surface area contributed by atoms with Crippen molar-refractivity contribution in [1.82, 2.24) is 4.98 Å². The van der Waals surface area contributed by atoms with Crippen molar-refractivity contribution in [3.8, 4) is 0 Å². The van der Waals surface area contributed by atoms with Crippen LogP contribution < -0.4 is 11.3 Å². The fourth-order valence-electron chi connectivity index (χ4n) is 1.29. The maximum atomic E-state index is 12.5. The first kappa shape index (κ1) is 13.1. The van der Waals surface area contributed by atoms with Crippen molar-refractivity contribution in [2.24, 2.45) is 0 Å². The molecule has 3 N–H and O–H groups in total. The summed E-state index contributed by atoms with van der Waals surface area (Å²) in [7, 11) is 0. The maximum Gasteiger partial charge on any atom is 0.311 e. The average Bonchev–Trinajstić information content (AvgIpc) is 2.23. The second-order valence-corrected chi connectivity index (χ2v) is 3.28. The second kappa shape index (κ2) is 5.42. The molecule has 0 aromatic carbocycles. The Morgan fingerprint density at radius 2 is 2.24 bits per heavy atom. The number of esters is 1. The molecule has 1 aromatic rings. The van der Waals surface area contributed by atoms with E-state index in [0.29, 0.717) is 0 Å². The van der Waals surface area contributed by atoms with E-state index in [1.807, 2.05) is 0 Å². The molecule has 0 aliphatic heterocycles. The molecule has 5 nitrogen and oxygen atoms in total. The average molecular weight is 246 g/mol. The molecule has 0 atom stereocenters. The number of rotatable bonds is 4. The van der Waals surface area contributed by atoms with Gasteiger partial charge in [0.05, 0.1) is 13.0 Å². The standard InChI is InChI=1S/C10H12F2N2O3/c1-2-17-7(15)4-5-3-6(9(11)12)8(13)10(16)14-5/h3,9H,2,4,13H2,1H3,(H,14,16). The largest absolute Gasteiger partial charge is 0.466 e. The van der Waals surface area contributed by atoms with Gasteiger partial charge in [0.15, 0.2) is 0 Å². The van der Waals surface area contributed by atoms with Gasteiger partial charge in [0.25, 0.3) is 12.0 Å². The van der Waals surface area contributed by atoms with Gasteiger partial charge in [-0.2, -0.15) is 0 Å². The number of halogens is 2. The molecule has 0 aliphatic carbocycles. The first-order chi connectivity index (χ1) is 7.95. The third-order valence-electron chi connectivity index (χ3n) is 2.03. The van der Waals surface area contributed by atoms with Crippen LogP contribution in [0.4, 0.5) is 14.5 Å². The summed E-state index contributed by atoms with van der Waals surface area (Å²) in [5.74, 6) is -0.604. The van der Waals surface area contributed by atoms with Crippen LogP contribution in [-0.2, 0) is 16.0 Å². The van der Waals surface area contributed by atoms with Crippen molar-refractivity contribution in [2.45, 2.75) is 19.8 Å². The van der Waals surface area contributed by atoms with Gasteiger partial charge in [0.1, 0.15) is 5.69 Å². The highest BCUT2D eigenvalue weighted by molar-refractivity contribution is 5.72. The van der Waals surface area contributed by atoms with Crippen molar-refractivity contribution >= 4 is 11.7 Å². The Morgan fingerprint density at radius 1 is 1.59 bits per heavy atom. The summed E-state index contributed by atoms with van der Waals surface area (Å²) < 4.78 is 29.7. The van der Waals surface area contributed by atoms with Crippen molar-refractivity contribution in [3.63, 3.8) is 0 Å². The van der Waals surface area contributed by atoms with E-state index in [9.17, 15) is 18.4 Å². The predicted octanol–water partition coefficient (Wildman–Crippen LogP) is 1.00. The van der Waals surface area contributed by atoms with Gasteiger partial charge in [-0.1, -0.05) is 0 Å². The van der Waals surface area contributed by atoms with Crippen LogP contribution in [0.25, 0.3) is 0 Å². The van der Waals surface area contributed by atoms with Gasteiger partial charge in [-0.15, -0.1) is 0 Å². The Bertz CT molecular complexity index is 471. The third-order valence-corrected chi connectivity index (χ3v) is 2.03. The first-order valence-electron chi connectivity index (χ1n) is 4.91. The minimum absolute atomic E-state index is 0.0537. The van der Waals surface area contributed by atoms with Crippen LogP contribution in [0.1, 0.15) is 24.6 Å². The number of alkyl halides is 2. The number of anilines is 1. The Morgan fingerprint density at radius 3 is 2.76 bits per heavy atom. The van der Waals surface area contributed by atoms with E-state index in [2.05, 4.69) is 9.72 Å². The normalized spacial score (nSPS) is 10.6. The van der Waals surface area contributed by atoms with E-state index < -0.39 is 29.2 Å². The minimum atomic E-state index is -2.86. The van der Waals surface area contributed by atoms with Crippen LogP contribution in [0.5, 0.6) is 0 Å². The molecule has 0 aliphatic rings. The summed E-state index contributed by atoms with van der Waals surface area (Å²) in [6.45, 7) is 1.80. The molecular formula is C10H12F2N2O3. The summed E-state index contributed by atoms with van der Waals surface area (Å²) >= 11 is 0. The summed E-state index contributed by atoms with van der Waals surface area (Å²) in [5, 5.41) is 0. The molecular weight excluding hydrogens is 234 g/mol. The molecule has 0 unspecified atom stereocenters. The molecule has 1 rings (SSSR count). The summed E-state index contributed by atoms with van der Waals surface area (Å²) in [6, 6.07) is 0.998. The third kappa shape index (κ3) is 3.27. The van der Waals surface area contributed by atoms with E-state index in [1.165, 1.54) is 0 Å². The van der Waals surface area contributed by atoms with E-state index in [4.69, 9.17) is 5.73 Å². The van der Waals surface area contributed by atoms with E-state index in [-0.39, 0.29) is 18.7 Å². The van der Waals surface area contributed by atoms with Gasteiger partial charge in [-0.3, -0.25) is 9.59 Å². The number of nitrogens with two attached hydrogens (primary N) is 1. The first-order valence-corrected chi connectivity index (χ1v) is 4.91. The lowest BCUT2D eigenvalue weighted by Crippen LogP contribution is -2.19. The molecule has 0 spiro atoms. The number of nitrogens with one attached hydrogen (secondary N) is 1. The number of aromatic nitrogens is 1. The number of ether oxygens (including phenoxy) is 1. The smallest absolute Gasteiger partial charge is 0.311 e. The summed E-state index contributed by atoms with van der Waals surface area (Å²) in [4.78, 5) is 24.6. The van der Waals surface area contributed by atoms with Crippen LogP contribution in [0, 0.1) is 0 Å². The predicted molar refractivity (Wildman–Crippen MR) is 56.8 cm³/mol. The van der Waals surface area contributed by atoms with Gasteiger partial charge < -0.3 is 15.5 Å². The SMILES string of the molecule is CCOC(=O)Cc1cc(C(F)F)c(N)c(=O)[nH]1. The molecule has 0 amide bonds. The monoisotopic (exact) mass is 246 g/mol. The molecule has 17 heavy (non-hydrogen) atoms. The van der Waals surface area contributed by atoms with E-state index in [1.54, 1.807) is 6.92 Å². The minimum Gasteiger partial charge on any atom is -0.466 e. The highest BCUT2D eigenvalue weighted by atomic mass is 19.3. The number of H-pyrrole nitrogens is 1. The molecule has 94 valence electrons. The lowest BCUT2D eigenvalue weighted by Gasteiger charge is -2.07. The zero-order valence-electron chi connectivity index (χ0n) is 9.13. The van der Waals surface area contributed by atoms with E-state index >= 15 is 0 Å². The molecule has 0 radical (unpaired) electrons. The van der Waals surface area contributed by atoms with Crippen molar-refractivity contribution < 1.29 is 18.3 Å². The number of carbonyl (C=O) groups is 1. The Kier molecular flexibility index (Phi) is 4.19. The molecule has 0 fully saturated rings. The Hall–Kier alpha value is -1.92. The van der Waals surface area contributed by atoms with Crippen LogP contribution in [0.15, 0.2) is 10.9 Å². The number of pyridine rings is 1. The molecule has 0 saturated carbocycles. The van der Waals surface area contributed by atoms with Crippen LogP contribution in [-0.4, -0.2) is 17.6 Å². The van der Waals surface area contributed by atoms with Gasteiger partial charge in [0.2, 0.25) is 0 Å². The molecule has 7 heteroatoms. The highest BCUT2D eigenvalue weighted by Crippen LogP contribution is 2.22. The van der Waals surface area contributed by atoms with Crippen LogP contribution in [0.3, 0.4) is 0 Å². The molecule has 0 bridgehead atoms. The fraction of sp³-hybridized carbons (Fsp3) is 0.400. The van der Waals surface area contributed by atoms with Crippen molar-refractivity contribution in [2.75, 3.05) is 12.3 Å². The van der Waals surface area contributed by atoms with Crippen molar-refractivity contribution in [1.29, 1.82) is 0 Å². The quantitative estimate of drug-likeness (QED) is 0.776. The van der Waals surface area contributed by atoms with Crippen LogP contribution in [0.2, 0.25) is 0 Å². The number of hydrogen-bond donors (Lipinski definition) is 2. The second-order valence-electron chi connectivity index (χ2n) is 3.28. The van der Waals surface area contributed by atoms with Crippen LogP contribution >= 0.6 is 0 Å². The Balaban J connectivity index is 3.03. The summed E-state index contributed by atoms with van der Waals surface area (Å²) in [6.07, 6.45) is -3.14. The number of carbonyl (C=O) groups excluding carboxylic acids is 1. The zero-order valence-corrected chi connectivity index (χ0v) is 9.13. The lowest BCUT2D eigenvalue weighted by molar-refractivity contribution is -0.142. The zero-order chi connectivity index (χ0) is 13.0. The highest BCUT2D eigenvalue weighted by Gasteiger charge is 2.16. The van der Waals surface area contributed by atoms with Gasteiger partial charge in [-0.05, 0) is 13.0 Å². The fourth-order valence-corrected chi connectivity index (χ4v) is 1.29. The lowest BCUT2D eigenvalue weighted by atomic mass is 10.1. The van der Waals surface area contributed by atoms with Gasteiger partial charge >= 0.3 is 5.97 Å². The van der Waals surface area contributed by atoms with E-state index in [0.717, 1.165) is 6.07 Å². The topological polar surface area (TPSA) is 85.2 Å². The maximum absolute atomic E-state index is 12.5. The molecule has 0 saturated heterocycles. The molecule has 1 heterocycles.